The van der Waals surface area contributed by atoms with E-state index in [0.717, 1.165) is 34.4 Å². The van der Waals surface area contributed by atoms with Crippen LogP contribution in [0.5, 0.6) is 0 Å². The first-order valence-corrected chi connectivity index (χ1v) is 9.19. The maximum absolute atomic E-state index is 5.96. The molecule has 1 aromatic heterocycles. The smallest absolute Gasteiger partial charge is 0.123 e. The zero-order valence-electron chi connectivity index (χ0n) is 13.7. The van der Waals surface area contributed by atoms with Crippen molar-refractivity contribution in [1.82, 2.24) is 21.2 Å². The molecule has 2 heterocycles. The Kier molecular flexibility index (Phi) is 5.34. The fraction of sp³-hybridized carbons (Fsp3) is 0.471. The summed E-state index contributed by atoms with van der Waals surface area (Å²) in [5.41, 5.74) is 8.71. The van der Waals surface area contributed by atoms with Crippen molar-refractivity contribution in [3.63, 3.8) is 0 Å². The normalized spacial score (nSPS) is 22.4. The molecule has 3 atom stereocenters. The van der Waals surface area contributed by atoms with Gasteiger partial charge in [0.1, 0.15) is 5.01 Å². The van der Waals surface area contributed by atoms with Crippen molar-refractivity contribution >= 4 is 22.9 Å². The first-order valence-electron chi connectivity index (χ1n) is 7.99. The van der Waals surface area contributed by atoms with Crippen LogP contribution < -0.4 is 16.2 Å². The summed E-state index contributed by atoms with van der Waals surface area (Å²) in [7, 11) is 0. The third-order valence-corrected chi connectivity index (χ3v) is 6.05. The summed E-state index contributed by atoms with van der Waals surface area (Å²) < 4.78 is 0. The van der Waals surface area contributed by atoms with Crippen LogP contribution in [0.2, 0.25) is 5.02 Å². The van der Waals surface area contributed by atoms with E-state index >= 15 is 0 Å². The molecule has 4 nitrogen and oxygen atoms in total. The van der Waals surface area contributed by atoms with Crippen LogP contribution in [0.4, 0.5) is 0 Å². The molecule has 0 aliphatic carbocycles. The van der Waals surface area contributed by atoms with Crippen molar-refractivity contribution in [3.8, 4) is 10.6 Å². The summed E-state index contributed by atoms with van der Waals surface area (Å²) in [6.45, 7) is 8.53. The Morgan fingerprint density at radius 3 is 2.78 bits per heavy atom. The van der Waals surface area contributed by atoms with Crippen molar-refractivity contribution in [2.75, 3.05) is 13.1 Å². The van der Waals surface area contributed by atoms with E-state index in [9.17, 15) is 0 Å². The molecule has 0 radical (unpaired) electrons. The number of rotatable bonds is 5. The highest BCUT2D eigenvalue weighted by Crippen LogP contribution is 2.32. The van der Waals surface area contributed by atoms with Gasteiger partial charge in [-0.15, -0.1) is 11.3 Å². The predicted molar refractivity (Wildman–Crippen MR) is 97.8 cm³/mol. The summed E-state index contributed by atoms with van der Waals surface area (Å²) in [6, 6.07) is 8.69. The largest absolute Gasteiger partial charge is 0.309 e. The van der Waals surface area contributed by atoms with Crippen molar-refractivity contribution < 1.29 is 0 Å². The zero-order chi connectivity index (χ0) is 16.4. The molecule has 1 saturated heterocycles. The van der Waals surface area contributed by atoms with Crippen molar-refractivity contribution in [1.29, 1.82) is 0 Å². The minimum Gasteiger partial charge on any atom is -0.309 e. The number of hydrazine groups is 1. The molecular formula is C17H23ClN4S. The van der Waals surface area contributed by atoms with Crippen LogP contribution in [0.3, 0.4) is 0 Å². The molecule has 1 aromatic carbocycles. The molecule has 1 fully saturated rings. The lowest BCUT2D eigenvalue weighted by molar-refractivity contribution is 0.430. The molecule has 6 heteroatoms. The van der Waals surface area contributed by atoms with Crippen molar-refractivity contribution in [2.45, 2.75) is 32.9 Å². The standard InChI is InChI=1S/C17H23ClN4S/c1-10-14(9-20-22-10)8-19-11(2)16-12(3)21-17(23-16)13-4-6-15(18)7-5-13/h4-7,10-11,14,19-20,22H,8-9H2,1-3H3. The number of aryl methyl sites for hydroxylation is 1. The molecule has 2 aromatic rings. The Balaban J connectivity index is 1.68. The van der Waals surface area contributed by atoms with E-state index in [1.54, 1.807) is 11.3 Å². The number of aromatic nitrogens is 1. The van der Waals surface area contributed by atoms with Gasteiger partial charge >= 0.3 is 0 Å². The number of hydrogen-bond acceptors (Lipinski definition) is 5. The monoisotopic (exact) mass is 350 g/mol. The van der Waals surface area contributed by atoms with E-state index in [1.165, 1.54) is 4.88 Å². The maximum Gasteiger partial charge on any atom is 0.123 e. The summed E-state index contributed by atoms with van der Waals surface area (Å²) in [4.78, 5) is 6.04. The van der Waals surface area contributed by atoms with Crippen LogP contribution in [0.25, 0.3) is 10.6 Å². The average Bonchev–Trinajstić information content (AvgIpc) is 3.11. The molecule has 1 aliphatic rings. The van der Waals surface area contributed by atoms with Gasteiger partial charge in [0, 0.05) is 46.6 Å². The number of hydrogen-bond donors (Lipinski definition) is 3. The second-order valence-corrected chi connectivity index (χ2v) is 7.65. The van der Waals surface area contributed by atoms with Gasteiger partial charge in [-0.2, -0.15) is 0 Å². The minimum atomic E-state index is 0.307. The molecule has 3 rings (SSSR count). The molecule has 124 valence electrons. The molecule has 0 spiro atoms. The fourth-order valence-electron chi connectivity index (χ4n) is 2.84. The molecule has 3 N–H and O–H groups in total. The number of benzene rings is 1. The average molecular weight is 351 g/mol. The van der Waals surface area contributed by atoms with E-state index in [2.05, 4.69) is 36.9 Å². The van der Waals surface area contributed by atoms with Gasteiger partial charge < -0.3 is 5.32 Å². The molecule has 3 unspecified atom stereocenters. The Bertz CT molecular complexity index is 655. The van der Waals surface area contributed by atoms with Crippen LogP contribution in [0.15, 0.2) is 24.3 Å². The Morgan fingerprint density at radius 1 is 1.39 bits per heavy atom. The number of halogens is 1. The van der Waals surface area contributed by atoms with E-state index in [1.807, 2.05) is 24.3 Å². The molecule has 0 saturated carbocycles. The lowest BCUT2D eigenvalue weighted by Gasteiger charge is -2.18. The van der Waals surface area contributed by atoms with Crippen LogP contribution in [-0.4, -0.2) is 24.1 Å². The lowest BCUT2D eigenvalue weighted by Crippen LogP contribution is -2.33. The van der Waals surface area contributed by atoms with Gasteiger partial charge in [0.2, 0.25) is 0 Å². The van der Waals surface area contributed by atoms with Gasteiger partial charge in [-0.1, -0.05) is 23.7 Å². The summed E-state index contributed by atoms with van der Waals surface area (Å²) in [5.74, 6) is 0.612. The van der Waals surface area contributed by atoms with Crippen LogP contribution in [-0.2, 0) is 0 Å². The second kappa shape index (κ2) is 7.28. The topological polar surface area (TPSA) is 49.0 Å². The first-order chi connectivity index (χ1) is 11.0. The molecule has 0 amide bonds. The van der Waals surface area contributed by atoms with Crippen molar-refractivity contribution in [2.24, 2.45) is 5.92 Å². The summed E-state index contributed by atoms with van der Waals surface area (Å²) in [6.07, 6.45) is 0. The van der Waals surface area contributed by atoms with Crippen LogP contribution in [0, 0.1) is 12.8 Å². The zero-order valence-corrected chi connectivity index (χ0v) is 15.3. The van der Waals surface area contributed by atoms with Crippen LogP contribution in [0.1, 0.15) is 30.5 Å². The van der Waals surface area contributed by atoms with Gasteiger partial charge in [0.25, 0.3) is 0 Å². The fourth-order valence-corrected chi connectivity index (χ4v) is 4.07. The van der Waals surface area contributed by atoms with Crippen molar-refractivity contribution in [3.05, 3.63) is 39.9 Å². The van der Waals surface area contributed by atoms with Gasteiger partial charge in [0.05, 0.1) is 5.69 Å². The van der Waals surface area contributed by atoms with E-state index in [4.69, 9.17) is 16.6 Å². The Labute approximate surface area is 146 Å². The van der Waals surface area contributed by atoms with E-state index in [0.29, 0.717) is 18.0 Å². The predicted octanol–water partition coefficient (Wildman–Crippen LogP) is 3.54. The number of thiazole rings is 1. The third kappa shape index (κ3) is 3.92. The SMILES string of the molecule is Cc1nc(-c2ccc(Cl)cc2)sc1C(C)NCC1CNNC1C. The van der Waals surface area contributed by atoms with Crippen LogP contribution >= 0.6 is 22.9 Å². The highest BCUT2D eigenvalue weighted by Gasteiger charge is 2.23. The van der Waals surface area contributed by atoms with Gasteiger partial charge in [0.15, 0.2) is 0 Å². The van der Waals surface area contributed by atoms with Gasteiger partial charge in [-0.3, -0.25) is 10.9 Å². The molecule has 23 heavy (non-hydrogen) atoms. The Hall–Kier alpha value is -0.980. The summed E-state index contributed by atoms with van der Waals surface area (Å²) in [5, 5.41) is 5.47. The van der Waals surface area contributed by atoms with E-state index < -0.39 is 0 Å². The molecule has 1 aliphatic heterocycles. The first kappa shape index (κ1) is 16.9. The number of nitrogens with zero attached hydrogens (tertiary/aromatic N) is 1. The highest BCUT2D eigenvalue weighted by atomic mass is 35.5. The summed E-state index contributed by atoms with van der Waals surface area (Å²) >= 11 is 7.73. The third-order valence-electron chi connectivity index (χ3n) is 4.40. The Morgan fingerprint density at radius 2 is 2.13 bits per heavy atom. The number of nitrogens with one attached hydrogen (secondary N) is 3. The maximum atomic E-state index is 5.96. The van der Waals surface area contributed by atoms with E-state index in [-0.39, 0.29) is 0 Å². The highest BCUT2D eigenvalue weighted by molar-refractivity contribution is 7.15. The second-order valence-electron chi connectivity index (χ2n) is 6.18. The quantitative estimate of drug-likeness (QED) is 0.772. The minimum absolute atomic E-state index is 0.307. The molecular weight excluding hydrogens is 328 g/mol. The molecule has 0 bridgehead atoms. The van der Waals surface area contributed by atoms with Gasteiger partial charge in [-0.05, 0) is 32.9 Å². The van der Waals surface area contributed by atoms with Gasteiger partial charge in [-0.25, -0.2) is 4.98 Å². The lowest BCUT2D eigenvalue weighted by atomic mass is 10.0.